The zero-order valence-corrected chi connectivity index (χ0v) is 20.7. The minimum atomic E-state index is -0.682. The Balaban J connectivity index is 1.27. The SMILES string of the molecule is COCCOC[C@H]1CN(c2ncc(C#Cc3ccc(-n4ccnc4)nc3)c(F)n2)CCN1c1ncncn1. The van der Waals surface area contributed by atoms with E-state index in [4.69, 9.17) is 9.47 Å². The first-order valence-electron chi connectivity index (χ1n) is 11.9. The molecule has 1 aliphatic rings. The molecule has 1 atom stereocenters. The first-order chi connectivity index (χ1) is 18.7. The summed E-state index contributed by atoms with van der Waals surface area (Å²) >= 11 is 0. The number of nitrogens with zero attached hydrogens (tertiary/aromatic N) is 10. The highest BCUT2D eigenvalue weighted by molar-refractivity contribution is 5.44. The maximum Gasteiger partial charge on any atom is 0.233 e. The Hall–Kier alpha value is -4.54. The van der Waals surface area contributed by atoms with E-state index in [1.165, 1.54) is 18.9 Å². The number of imidazole rings is 1. The van der Waals surface area contributed by atoms with Gasteiger partial charge in [0.15, 0.2) is 0 Å². The van der Waals surface area contributed by atoms with Gasteiger partial charge in [-0.05, 0) is 12.1 Å². The van der Waals surface area contributed by atoms with Crippen molar-refractivity contribution in [3.63, 3.8) is 0 Å². The van der Waals surface area contributed by atoms with E-state index in [2.05, 4.69) is 46.7 Å². The second-order valence-corrected chi connectivity index (χ2v) is 8.30. The molecule has 1 saturated heterocycles. The normalized spacial score (nSPS) is 15.3. The molecule has 4 aromatic rings. The maximum atomic E-state index is 14.9. The smallest absolute Gasteiger partial charge is 0.233 e. The molecule has 1 fully saturated rings. The number of methoxy groups -OCH3 is 1. The Morgan fingerprint density at radius 2 is 1.89 bits per heavy atom. The second-order valence-electron chi connectivity index (χ2n) is 8.30. The van der Waals surface area contributed by atoms with E-state index < -0.39 is 5.95 Å². The molecule has 0 radical (unpaired) electrons. The topological polar surface area (TPSA) is 120 Å². The molecular weight excluding hydrogens is 491 g/mol. The highest BCUT2D eigenvalue weighted by atomic mass is 19.1. The summed E-state index contributed by atoms with van der Waals surface area (Å²) in [6.07, 6.45) is 11.1. The van der Waals surface area contributed by atoms with E-state index in [-0.39, 0.29) is 17.6 Å². The van der Waals surface area contributed by atoms with Crippen molar-refractivity contribution in [3.05, 3.63) is 73.0 Å². The molecule has 5 rings (SSSR count). The number of aromatic nitrogens is 8. The van der Waals surface area contributed by atoms with Crippen molar-refractivity contribution >= 4 is 11.9 Å². The van der Waals surface area contributed by atoms with Crippen molar-refractivity contribution < 1.29 is 13.9 Å². The summed E-state index contributed by atoms with van der Waals surface area (Å²) in [5, 5.41) is 0. The molecule has 0 unspecified atom stereocenters. The summed E-state index contributed by atoms with van der Waals surface area (Å²) in [4.78, 5) is 33.3. The monoisotopic (exact) mass is 516 g/mol. The van der Waals surface area contributed by atoms with Crippen LogP contribution in [0.5, 0.6) is 0 Å². The molecule has 5 heterocycles. The standard InChI is InChI=1S/C25H25FN10O2/c1-37-10-11-38-15-21-14-34(8-9-36(21)24-31-16-28-17-32-24)25-30-13-20(23(26)33-25)4-2-19-3-5-22(29-12-19)35-7-6-27-18-35/h3,5-7,12-13,16-18,21H,8-11,14-15H2,1H3/t21-/m1/s1. The van der Waals surface area contributed by atoms with E-state index in [0.717, 1.165) is 0 Å². The molecule has 1 aliphatic heterocycles. The Morgan fingerprint density at radius 3 is 2.63 bits per heavy atom. The summed E-state index contributed by atoms with van der Waals surface area (Å²) in [5.74, 6) is 6.59. The quantitative estimate of drug-likeness (QED) is 0.190. The molecule has 0 aromatic carbocycles. The number of piperazine rings is 1. The van der Waals surface area contributed by atoms with E-state index in [9.17, 15) is 4.39 Å². The lowest BCUT2D eigenvalue weighted by Crippen LogP contribution is -2.56. The van der Waals surface area contributed by atoms with Gasteiger partial charge in [0.05, 0.1) is 37.6 Å². The fraction of sp³-hybridized carbons (Fsp3) is 0.320. The Morgan fingerprint density at radius 1 is 1.00 bits per heavy atom. The van der Waals surface area contributed by atoms with Crippen LogP contribution in [0.1, 0.15) is 11.1 Å². The molecule has 0 aliphatic carbocycles. The van der Waals surface area contributed by atoms with Gasteiger partial charge in [0.25, 0.3) is 0 Å². The second kappa shape index (κ2) is 12.1. The predicted molar refractivity (Wildman–Crippen MR) is 135 cm³/mol. The van der Waals surface area contributed by atoms with Gasteiger partial charge in [-0.2, -0.15) is 9.37 Å². The zero-order valence-electron chi connectivity index (χ0n) is 20.7. The van der Waals surface area contributed by atoms with Crippen LogP contribution in [0.15, 0.2) is 55.9 Å². The lowest BCUT2D eigenvalue weighted by molar-refractivity contribution is 0.0619. The van der Waals surface area contributed by atoms with Crippen LogP contribution in [0.3, 0.4) is 0 Å². The Labute approximate surface area is 218 Å². The van der Waals surface area contributed by atoms with Crippen LogP contribution < -0.4 is 9.80 Å². The van der Waals surface area contributed by atoms with Gasteiger partial charge < -0.3 is 19.3 Å². The van der Waals surface area contributed by atoms with Crippen LogP contribution in [-0.2, 0) is 9.47 Å². The fourth-order valence-electron chi connectivity index (χ4n) is 3.92. The molecule has 0 saturated carbocycles. The van der Waals surface area contributed by atoms with Gasteiger partial charge in [-0.3, -0.25) is 4.57 Å². The first-order valence-corrected chi connectivity index (χ1v) is 11.9. The molecule has 4 aromatic heterocycles. The highest BCUT2D eigenvalue weighted by Crippen LogP contribution is 2.20. The van der Waals surface area contributed by atoms with Crippen molar-refractivity contribution in [2.75, 3.05) is 56.4 Å². The molecular formula is C25H25FN10O2. The molecule has 0 bridgehead atoms. The number of hydrogen-bond donors (Lipinski definition) is 0. The van der Waals surface area contributed by atoms with Crippen LogP contribution in [0.2, 0.25) is 0 Å². The fourth-order valence-corrected chi connectivity index (χ4v) is 3.92. The summed E-state index contributed by atoms with van der Waals surface area (Å²) in [6, 6.07) is 3.52. The number of ether oxygens (including phenoxy) is 2. The van der Waals surface area contributed by atoms with Gasteiger partial charge in [-0.1, -0.05) is 11.8 Å². The van der Waals surface area contributed by atoms with Crippen LogP contribution in [0, 0.1) is 17.8 Å². The van der Waals surface area contributed by atoms with E-state index in [1.54, 1.807) is 36.6 Å². The lowest BCUT2D eigenvalue weighted by atomic mass is 10.2. The largest absolute Gasteiger partial charge is 0.382 e. The van der Waals surface area contributed by atoms with Gasteiger partial charge >= 0.3 is 0 Å². The van der Waals surface area contributed by atoms with Crippen LogP contribution >= 0.6 is 0 Å². The third-order valence-corrected chi connectivity index (χ3v) is 5.83. The van der Waals surface area contributed by atoms with Crippen molar-refractivity contribution in [2.24, 2.45) is 0 Å². The van der Waals surface area contributed by atoms with E-state index in [0.29, 0.717) is 56.8 Å². The predicted octanol–water partition coefficient (Wildman–Crippen LogP) is 1.14. The summed E-state index contributed by atoms with van der Waals surface area (Å²) in [5.41, 5.74) is 0.749. The summed E-state index contributed by atoms with van der Waals surface area (Å²) < 4.78 is 27.5. The van der Waals surface area contributed by atoms with Crippen molar-refractivity contribution in [1.29, 1.82) is 0 Å². The molecule has 194 valence electrons. The van der Waals surface area contributed by atoms with Crippen molar-refractivity contribution in [3.8, 4) is 17.7 Å². The number of pyridine rings is 1. The molecule has 12 nitrogen and oxygen atoms in total. The Kier molecular flexibility index (Phi) is 8.02. The van der Waals surface area contributed by atoms with Gasteiger partial charge in [-0.15, -0.1) is 0 Å². The van der Waals surface area contributed by atoms with Crippen molar-refractivity contribution in [1.82, 2.24) is 39.5 Å². The van der Waals surface area contributed by atoms with Gasteiger partial charge in [0, 0.05) is 50.9 Å². The molecule has 13 heteroatoms. The minimum Gasteiger partial charge on any atom is -0.382 e. The number of anilines is 2. The van der Waals surface area contributed by atoms with E-state index >= 15 is 0 Å². The number of halogens is 1. The number of rotatable bonds is 8. The first kappa shape index (κ1) is 25.1. The minimum absolute atomic E-state index is 0.105. The van der Waals surface area contributed by atoms with Gasteiger partial charge in [0.1, 0.15) is 24.8 Å². The number of hydrogen-bond acceptors (Lipinski definition) is 11. The van der Waals surface area contributed by atoms with Crippen molar-refractivity contribution in [2.45, 2.75) is 6.04 Å². The van der Waals surface area contributed by atoms with Crippen LogP contribution in [0.25, 0.3) is 5.82 Å². The highest BCUT2D eigenvalue weighted by Gasteiger charge is 2.30. The van der Waals surface area contributed by atoms with Crippen LogP contribution in [0.4, 0.5) is 16.3 Å². The van der Waals surface area contributed by atoms with Crippen LogP contribution in [-0.4, -0.2) is 92.1 Å². The summed E-state index contributed by atoms with van der Waals surface area (Å²) in [7, 11) is 1.62. The Bertz CT molecular complexity index is 1380. The molecule has 0 spiro atoms. The summed E-state index contributed by atoms with van der Waals surface area (Å²) in [6.45, 7) is 2.99. The lowest BCUT2D eigenvalue weighted by Gasteiger charge is -2.41. The maximum absolute atomic E-state index is 14.9. The van der Waals surface area contributed by atoms with E-state index in [1.807, 2.05) is 21.9 Å². The van der Waals surface area contributed by atoms with Gasteiger partial charge in [0.2, 0.25) is 17.8 Å². The molecule has 0 amide bonds. The zero-order chi connectivity index (χ0) is 26.2. The average Bonchev–Trinajstić information content (AvgIpc) is 3.51. The average molecular weight is 517 g/mol. The molecule has 38 heavy (non-hydrogen) atoms. The molecule has 0 N–H and O–H groups in total. The third-order valence-electron chi connectivity index (χ3n) is 5.83. The third kappa shape index (κ3) is 6.05. The van der Waals surface area contributed by atoms with Gasteiger partial charge in [-0.25, -0.2) is 29.9 Å².